The molecule has 0 aliphatic heterocycles. The normalized spacial score (nSPS) is 17.6. The number of anilines is 1. The summed E-state index contributed by atoms with van der Waals surface area (Å²) in [5.74, 6) is 0.0415. The van der Waals surface area contributed by atoms with Crippen molar-refractivity contribution in [2.45, 2.75) is 71.3 Å². The first kappa shape index (κ1) is 14.1. The molecule has 1 aliphatic carbocycles. The second-order valence-corrected chi connectivity index (χ2v) is 5.66. The number of nitrogens with zero attached hydrogens (tertiary/aromatic N) is 2. The Labute approximate surface area is 115 Å². The lowest BCUT2D eigenvalue weighted by atomic mass is 9.89. The SMILES string of the molecule is CCCCC1(N(C(C)=O)c2nc(C)co2)CCCC1. The number of aryl methyl sites for hydroxylation is 1. The predicted octanol–water partition coefficient (Wildman–Crippen LogP) is 3.84. The van der Waals surface area contributed by atoms with Gasteiger partial charge in [0.25, 0.3) is 0 Å². The molecule has 4 nitrogen and oxygen atoms in total. The van der Waals surface area contributed by atoms with E-state index in [-0.39, 0.29) is 11.4 Å². The van der Waals surface area contributed by atoms with Gasteiger partial charge in [0.15, 0.2) is 0 Å². The van der Waals surface area contributed by atoms with Crippen LogP contribution in [0.25, 0.3) is 0 Å². The van der Waals surface area contributed by atoms with Crippen LogP contribution in [0.5, 0.6) is 0 Å². The molecule has 1 fully saturated rings. The highest BCUT2D eigenvalue weighted by molar-refractivity contribution is 5.90. The van der Waals surface area contributed by atoms with Crippen LogP contribution in [0.2, 0.25) is 0 Å². The number of oxazole rings is 1. The van der Waals surface area contributed by atoms with Gasteiger partial charge < -0.3 is 4.42 Å². The van der Waals surface area contributed by atoms with E-state index in [1.54, 1.807) is 13.2 Å². The van der Waals surface area contributed by atoms with Crippen LogP contribution in [-0.4, -0.2) is 16.4 Å². The first-order valence-electron chi connectivity index (χ1n) is 7.32. The zero-order valence-corrected chi connectivity index (χ0v) is 12.2. The van der Waals surface area contributed by atoms with Crippen LogP contribution in [0.3, 0.4) is 0 Å². The van der Waals surface area contributed by atoms with E-state index < -0.39 is 0 Å². The fourth-order valence-corrected chi connectivity index (χ4v) is 3.24. The maximum atomic E-state index is 12.1. The average molecular weight is 264 g/mol. The van der Waals surface area contributed by atoms with Crippen LogP contribution < -0.4 is 4.90 Å². The molecule has 1 aromatic heterocycles. The molecule has 0 N–H and O–H groups in total. The Balaban J connectivity index is 2.32. The summed E-state index contributed by atoms with van der Waals surface area (Å²) in [6.45, 7) is 5.69. The quantitative estimate of drug-likeness (QED) is 0.811. The third kappa shape index (κ3) is 2.82. The number of hydrogen-bond acceptors (Lipinski definition) is 3. The molecule has 0 bridgehead atoms. The molecule has 0 atom stereocenters. The minimum atomic E-state index is -0.0703. The number of carbonyl (C=O) groups is 1. The number of amides is 1. The monoisotopic (exact) mass is 264 g/mol. The van der Waals surface area contributed by atoms with Gasteiger partial charge in [-0.2, -0.15) is 4.98 Å². The Morgan fingerprint density at radius 1 is 1.47 bits per heavy atom. The number of carbonyl (C=O) groups excluding carboxylic acids is 1. The summed E-state index contributed by atoms with van der Waals surface area (Å²) in [6, 6.07) is 0.475. The van der Waals surface area contributed by atoms with Crippen LogP contribution in [0.4, 0.5) is 6.01 Å². The van der Waals surface area contributed by atoms with E-state index in [1.807, 2.05) is 11.8 Å². The summed E-state index contributed by atoms with van der Waals surface area (Å²) in [5.41, 5.74) is 0.754. The van der Waals surface area contributed by atoms with Crippen molar-refractivity contribution in [3.63, 3.8) is 0 Å². The number of aromatic nitrogens is 1. The molecule has 0 unspecified atom stereocenters. The lowest BCUT2D eigenvalue weighted by molar-refractivity contribution is -0.118. The van der Waals surface area contributed by atoms with E-state index in [0.29, 0.717) is 6.01 Å². The van der Waals surface area contributed by atoms with Gasteiger partial charge in [0.05, 0.1) is 11.2 Å². The molecule has 0 radical (unpaired) electrons. The molecule has 1 saturated carbocycles. The van der Waals surface area contributed by atoms with E-state index in [4.69, 9.17) is 4.42 Å². The Kier molecular flexibility index (Phi) is 4.27. The molecule has 19 heavy (non-hydrogen) atoms. The molecule has 0 spiro atoms. The number of hydrogen-bond donors (Lipinski definition) is 0. The van der Waals surface area contributed by atoms with Gasteiger partial charge in [-0.25, -0.2) is 0 Å². The maximum Gasteiger partial charge on any atom is 0.304 e. The van der Waals surface area contributed by atoms with Crippen LogP contribution in [0.15, 0.2) is 10.7 Å². The maximum absolute atomic E-state index is 12.1. The molecule has 4 heteroatoms. The zero-order valence-electron chi connectivity index (χ0n) is 12.2. The van der Waals surface area contributed by atoms with Gasteiger partial charge in [-0.1, -0.05) is 32.6 Å². The molecular weight excluding hydrogens is 240 g/mol. The van der Waals surface area contributed by atoms with E-state index in [0.717, 1.165) is 37.8 Å². The van der Waals surface area contributed by atoms with E-state index in [1.165, 1.54) is 12.8 Å². The van der Waals surface area contributed by atoms with Gasteiger partial charge in [-0.3, -0.25) is 9.69 Å². The van der Waals surface area contributed by atoms with Crippen molar-refractivity contribution in [3.8, 4) is 0 Å². The summed E-state index contributed by atoms with van der Waals surface area (Å²) in [5, 5.41) is 0. The predicted molar refractivity (Wildman–Crippen MR) is 75.1 cm³/mol. The zero-order chi connectivity index (χ0) is 13.9. The van der Waals surface area contributed by atoms with Gasteiger partial charge >= 0.3 is 6.01 Å². The van der Waals surface area contributed by atoms with Crippen molar-refractivity contribution < 1.29 is 9.21 Å². The third-order valence-electron chi connectivity index (χ3n) is 4.12. The summed E-state index contributed by atoms with van der Waals surface area (Å²) in [4.78, 5) is 18.3. The highest BCUT2D eigenvalue weighted by Crippen LogP contribution is 2.41. The molecule has 0 aromatic carbocycles. The van der Waals surface area contributed by atoms with E-state index in [9.17, 15) is 4.79 Å². The summed E-state index contributed by atoms with van der Waals surface area (Å²) in [6.07, 6.45) is 9.46. The molecule has 106 valence electrons. The second kappa shape index (κ2) is 5.76. The molecule has 1 amide bonds. The summed E-state index contributed by atoms with van der Waals surface area (Å²) >= 11 is 0. The topological polar surface area (TPSA) is 46.3 Å². The standard InChI is InChI=1S/C15H24N2O2/c1-4-5-8-15(9-6-7-10-15)17(13(3)18)14-16-12(2)11-19-14/h11H,4-10H2,1-3H3. The van der Waals surface area contributed by atoms with Crippen LogP contribution in [0, 0.1) is 6.92 Å². The van der Waals surface area contributed by atoms with Crippen molar-refractivity contribution in [1.29, 1.82) is 0 Å². The minimum absolute atomic E-state index is 0.0415. The van der Waals surface area contributed by atoms with Crippen LogP contribution in [0.1, 0.15) is 64.5 Å². The molecule has 1 heterocycles. The smallest absolute Gasteiger partial charge is 0.304 e. The lowest BCUT2D eigenvalue weighted by Gasteiger charge is -2.38. The van der Waals surface area contributed by atoms with Gasteiger partial charge in [-0.15, -0.1) is 0 Å². The molecule has 2 rings (SSSR count). The van der Waals surface area contributed by atoms with Crippen molar-refractivity contribution in [2.75, 3.05) is 4.90 Å². The molecule has 1 aliphatic rings. The van der Waals surface area contributed by atoms with Crippen molar-refractivity contribution in [3.05, 3.63) is 12.0 Å². The van der Waals surface area contributed by atoms with E-state index >= 15 is 0 Å². The van der Waals surface area contributed by atoms with E-state index in [2.05, 4.69) is 11.9 Å². The number of rotatable bonds is 5. The van der Waals surface area contributed by atoms with Gasteiger partial charge in [0.2, 0.25) is 5.91 Å². The summed E-state index contributed by atoms with van der Waals surface area (Å²) in [7, 11) is 0. The first-order chi connectivity index (χ1) is 9.09. The second-order valence-electron chi connectivity index (χ2n) is 5.66. The van der Waals surface area contributed by atoms with Crippen LogP contribution in [-0.2, 0) is 4.79 Å². The highest BCUT2D eigenvalue weighted by atomic mass is 16.4. The Hall–Kier alpha value is -1.32. The lowest BCUT2D eigenvalue weighted by Crippen LogP contribution is -2.50. The summed E-state index contributed by atoms with van der Waals surface area (Å²) < 4.78 is 5.50. The first-order valence-corrected chi connectivity index (χ1v) is 7.32. The van der Waals surface area contributed by atoms with Gasteiger partial charge in [0.1, 0.15) is 6.26 Å². The minimum Gasteiger partial charge on any atom is -0.431 e. The molecule has 1 aromatic rings. The Bertz CT molecular complexity index is 433. The van der Waals surface area contributed by atoms with Gasteiger partial charge in [0, 0.05) is 6.92 Å². The van der Waals surface area contributed by atoms with Gasteiger partial charge in [-0.05, 0) is 26.2 Å². The van der Waals surface area contributed by atoms with Crippen molar-refractivity contribution in [2.24, 2.45) is 0 Å². The largest absolute Gasteiger partial charge is 0.431 e. The highest BCUT2D eigenvalue weighted by Gasteiger charge is 2.43. The Morgan fingerprint density at radius 2 is 2.16 bits per heavy atom. The average Bonchev–Trinajstić information content (AvgIpc) is 2.97. The van der Waals surface area contributed by atoms with Crippen LogP contribution >= 0.6 is 0 Å². The fraction of sp³-hybridized carbons (Fsp3) is 0.733. The van der Waals surface area contributed by atoms with Crippen molar-refractivity contribution >= 4 is 11.9 Å². The Morgan fingerprint density at radius 3 is 2.63 bits per heavy atom. The third-order valence-corrected chi connectivity index (χ3v) is 4.12. The molecule has 0 saturated heterocycles. The number of unbranched alkanes of at least 4 members (excludes halogenated alkanes) is 1. The molecular formula is C15H24N2O2. The van der Waals surface area contributed by atoms with Crippen molar-refractivity contribution in [1.82, 2.24) is 4.98 Å². The fourth-order valence-electron chi connectivity index (χ4n) is 3.24.